The molecule has 0 saturated heterocycles. The summed E-state index contributed by atoms with van der Waals surface area (Å²) < 4.78 is 29.3. The number of hydrogen-bond donors (Lipinski definition) is 2. The first kappa shape index (κ1) is 33.3. The van der Waals surface area contributed by atoms with E-state index in [4.69, 9.17) is 23.7 Å². The van der Waals surface area contributed by atoms with Gasteiger partial charge in [-0.1, -0.05) is 42.2 Å². The van der Waals surface area contributed by atoms with Crippen LogP contribution in [0.4, 0.5) is 0 Å². The van der Waals surface area contributed by atoms with Crippen LogP contribution in [0.15, 0.2) is 54.3 Å². The van der Waals surface area contributed by atoms with Gasteiger partial charge in [0, 0.05) is 25.4 Å². The highest BCUT2D eigenvalue weighted by Gasteiger charge is 2.44. The summed E-state index contributed by atoms with van der Waals surface area (Å²) in [7, 11) is 1.53. The molecule has 4 atom stereocenters. The van der Waals surface area contributed by atoms with Crippen LogP contribution in [-0.2, 0) is 36.8 Å². The number of carboxylic acid groups (broad SMARTS) is 1. The fourth-order valence-corrected chi connectivity index (χ4v) is 6.11. The highest BCUT2D eigenvalue weighted by atomic mass is 16.7. The zero-order valence-electron chi connectivity index (χ0n) is 26.8. The molecule has 10 nitrogen and oxygen atoms in total. The molecule has 246 valence electrons. The van der Waals surface area contributed by atoms with Crippen molar-refractivity contribution in [2.75, 3.05) is 33.5 Å². The van der Waals surface area contributed by atoms with Crippen molar-refractivity contribution in [1.29, 1.82) is 0 Å². The van der Waals surface area contributed by atoms with E-state index in [1.807, 2.05) is 48.5 Å². The highest BCUT2D eigenvalue weighted by molar-refractivity contribution is 5.85. The molecule has 1 unspecified atom stereocenters. The first-order chi connectivity index (χ1) is 22.1. The number of carbonyl (C=O) groups is 2. The molecule has 2 N–H and O–H groups in total. The highest BCUT2D eigenvalue weighted by Crippen LogP contribution is 2.42. The number of rotatable bonds is 9. The van der Waals surface area contributed by atoms with Crippen LogP contribution in [0, 0.1) is 11.8 Å². The number of ether oxygens (including phenoxy) is 5. The first-order valence-electron chi connectivity index (χ1n) is 15.8. The Morgan fingerprint density at radius 1 is 1.09 bits per heavy atom. The van der Waals surface area contributed by atoms with Gasteiger partial charge < -0.3 is 38.8 Å². The number of allylic oxidation sites excluding steroid dienone is 1. The molecule has 2 aromatic carbocycles. The van der Waals surface area contributed by atoms with Crippen molar-refractivity contribution in [3.8, 4) is 23.3 Å². The Bertz CT molecular complexity index is 1490. The summed E-state index contributed by atoms with van der Waals surface area (Å²) in [6, 6.07) is 13.6. The first-order valence-corrected chi connectivity index (χ1v) is 15.8. The maximum Gasteiger partial charge on any atom is 0.340 e. The molecule has 0 radical (unpaired) electrons. The lowest BCUT2D eigenvalue weighted by Crippen LogP contribution is -2.46. The number of aliphatic carboxylic acids is 1. The van der Waals surface area contributed by atoms with Gasteiger partial charge in [0.05, 0.1) is 20.1 Å². The number of fused-ring (bicyclic) bond motifs is 5. The third kappa shape index (κ3) is 8.21. The molecule has 0 fully saturated rings. The fourth-order valence-electron chi connectivity index (χ4n) is 6.11. The molecule has 0 spiro atoms. The Balaban J connectivity index is 1.43. The molecule has 0 aliphatic carbocycles. The molecule has 3 aliphatic rings. The minimum absolute atomic E-state index is 0.133. The van der Waals surface area contributed by atoms with Gasteiger partial charge in [-0.3, -0.25) is 4.79 Å². The predicted octanol–water partition coefficient (Wildman–Crippen LogP) is 4.58. The maximum absolute atomic E-state index is 13.9. The van der Waals surface area contributed by atoms with Crippen LogP contribution < -0.4 is 9.47 Å². The number of nitrogens with zero attached hydrogens (tertiary/aromatic N) is 1. The second-order valence-corrected chi connectivity index (χ2v) is 12.6. The molecule has 0 saturated carbocycles. The lowest BCUT2D eigenvalue weighted by molar-refractivity contribution is -0.176. The van der Waals surface area contributed by atoms with Crippen LogP contribution >= 0.6 is 0 Å². The van der Waals surface area contributed by atoms with E-state index in [-0.39, 0.29) is 12.7 Å². The topological polar surface area (TPSA) is 124 Å². The number of carbonyl (C=O) groups excluding carboxylic acids is 1. The van der Waals surface area contributed by atoms with Gasteiger partial charge in [0.1, 0.15) is 11.4 Å². The summed E-state index contributed by atoms with van der Waals surface area (Å²) in [6.07, 6.45) is 3.08. The van der Waals surface area contributed by atoms with E-state index in [1.165, 1.54) is 7.11 Å². The van der Waals surface area contributed by atoms with Crippen LogP contribution in [0.1, 0.15) is 68.6 Å². The Morgan fingerprint density at radius 3 is 2.59 bits per heavy atom. The predicted molar refractivity (Wildman–Crippen MR) is 169 cm³/mol. The van der Waals surface area contributed by atoms with Crippen LogP contribution in [0.2, 0.25) is 0 Å². The normalized spacial score (nSPS) is 23.2. The van der Waals surface area contributed by atoms with E-state index < -0.39 is 42.1 Å². The van der Waals surface area contributed by atoms with E-state index in [9.17, 15) is 19.8 Å². The van der Waals surface area contributed by atoms with E-state index in [1.54, 1.807) is 13.8 Å². The van der Waals surface area contributed by atoms with E-state index in [0.717, 1.165) is 49.0 Å². The van der Waals surface area contributed by atoms with E-state index in [2.05, 4.69) is 16.7 Å². The summed E-state index contributed by atoms with van der Waals surface area (Å²) in [4.78, 5) is 28.2. The van der Waals surface area contributed by atoms with Crippen LogP contribution in [-0.4, -0.2) is 77.9 Å². The average molecular weight is 634 g/mol. The monoisotopic (exact) mass is 633 g/mol. The largest absolute Gasteiger partial charge is 0.497 e. The van der Waals surface area contributed by atoms with Gasteiger partial charge in [0.2, 0.25) is 6.79 Å². The lowest BCUT2D eigenvalue weighted by Gasteiger charge is -2.34. The van der Waals surface area contributed by atoms with Crippen molar-refractivity contribution in [3.63, 3.8) is 0 Å². The molecule has 2 bridgehead atoms. The molecule has 10 heteroatoms. The summed E-state index contributed by atoms with van der Waals surface area (Å²) in [6.45, 7) is 6.26. The molecule has 2 aromatic rings. The molecular formula is C36H43NO9. The van der Waals surface area contributed by atoms with Gasteiger partial charge in [0.25, 0.3) is 0 Å². The number of methoxy groups -OCH3 is 1. The number of carboxylic acids is 1. The van der Waals surface area contributed by atoms with Crippen molar-refractivity contribution >= 4 is 11.9 Å². The SMILES string of the molecule is CO/C1=C/CCCCN2CCc3cc4c(cc3[C@@H](C2)[C@@H]1OC(=O)[C@@](O)(CC#CC(C)(C)OCc1ccccc1)CC(=O)O)OCO4. The minimum Gasteiger partial charge on any atom is -0.497 e. The standard InChI is InChI=1S/C36H43NO9/c1-35(2,45-23-25-11-6-4-7-12-25)15-10-16-36(41,21-32(38)39)34(40)46-33-28-22-37(17-9-5-8-13-29(33)42-3)18-14-26-19-30-31(20-27(26)28)44-24-43-30/h4,6-7,11-13,19-20,28,33,41H,5,8-9,14,16-18,21-24H2,1-3H3,(H,38,39)/b29-13+/t28-,33+,36-/m1/s1. The number of hydrogen-bond acceptors (Lipinski definition) is 9. The van der Waals surface area contributed by atoms with Gasteiger partial charge in [-0.2, -0.15) is 0 Å². The molecule has 0 aromatic heterocycles. The summed E-state index contributed by atoms with van der Waals surface area (Å²) in [5, 5.41) is 21.3. The van der Waals surface area contributed by atoms with E-state index in [0.29, 0.717) is 36.8 Å². The summed E-state index contributed by atoms with van der Waals surface area (Å²) >= 11 is 0. The number of aliphatic hydroxyl groups is 1. The molecule has 0 amide bonds. The van der Waals surface area contributed by atoms with Crippen molar-refractivity contribution in [3.05, 3.63) is 71.0 Å². The van der Waals surface area contributed by atoms with Crippen molar-refractivity contribution in [2.24, 2.45) is 0 Å². The Morgan fingerprint density at radius 2 is 1.85 bits per heavy atom. The number of esters is 1. The van der Waals surface area contributed by atoms with Crippen LogP contribution in [0.3, 0.4) is 0 Å². The molecule has 46 heavy (non-hydrogen) atoms. The molecular weight excluding hydrogens is 590 g/mol. The van der Waals surface area contributed by atoms with Gasteiger partial charge in [-0.05, 0) is 81.0 Å². The van der Waals surface area contributed by atoms with Crippen molar-refractivity contribution < 1.29 is 43.5 Å². The smallest absolute Gasteiger partial charge is 0.340 e. The average Bonchev–Trinajstić information content (AvgIpc) is 3.42. The third-order valence-corrected chi connectivity index (χ3v) is 8.61. The minimum atomic E-state index is -2.41. The number of benzene rings is 2. The zero-order valence-corrected chi connectivity index (χ0v) is 26.8. The van der Waals surface area contributed by atoms with Crippen molar-refractivity contribution in [2.45, 2.75) is 82.2 Å². The Kier molecular flexibility index (Phi) is 10.6. The molecule has 3 aliphatic heterocycles. The molecule has 3 heterocycles. The molecule has 5 rings (SSSR count). The Labute approximate surface area is 270 Å². The maximum atomic E-state index is 13.9. The second kappa shape index (κ2) is 14.6. The quantitative estimate of drug-likeness (QED) is 0.300. The van der Waals surface area contributed by atoms with Gasteiger partial charge in [-0.25, -0.2) is 4.79 Å². The fraction of sp³-hybridized carbons (Fsp3) is 0.500. The second-order valence-electron chi connectivity index (χ2n) is 12.6. The summed E-state index contributed by atoms with van der Waals surface area (Å²) in [5.74, 6) is 4.70. The van der Waals surface area contributed by atoms with Crippen molar-refractivity contribution in [1.82, 2.24) is 4.90 Å². The lowest BCUT2D eigenvalue weighted by atomic mass is 9.87. The van der Waals surface area contributed by atoms with E-state index >= 15 is 0 Å². The van der Waals surface area contributed by atoms with Gasteiger partial charge in [0.15, 0.2) is 23.2 Å². The third-order valence-electron chi connectivity index (χ3n) is 8.61. The summed E-state index contributed by atoms with van der Waals surface area (Å²) in [5.41, 5.74) is -0.376. The van der Waals surface area contributed by atoms with Gasteiger partial charge >= 0.3 is 11.9 Å². The Hall–Kier alpha value is -4.04. The van der Waals surface area contributed by atoms with Crippen LogP contribution in [0.5, 0.6) is 11.5 Å². The zero-order chi connectivity index (χ0) is 32.7. The van der Waals surface area contributed by atoms with Gasteiger partial charge in [-0.15, -0.1) is 0 Å². The van der Waals surface area contributed by atoms with Crippen LogP contribution in [0.25, 0.3) is 0 Å².